The normalized spacial score (nSPS) is 51.2. The molecule has 0 aromatic rings. The first kappa shape index (κ1) is 16.4. The molecule has 6 fully saturated rings. The Labute approximate surface area is 151 Å². The van der Waals surface area contributed by atoms with Gasteiger partial charge in [-0.15, -0.1) is 0 Å². The van der Waals surface area contributed by atoms with Crippen LogP contribution in [0.4, 0.5) is 0 Å². The van der Waals surface area contributed by atoms with Crippen molar-refractivity contribution in [1.29, 1.82) is 0 Å². The molecule has 2 heterocycles. The predicted molar refractivity (Wildman–Crippen MR) is 87.6 cm³/mol. The van der Waals surface area contributed by atoms with Gasteiger partial charge in [0.05, 0.1) is 12.0 Å². The number of rotatable bonds is 0. The molecule has 6 aliphatic rings. The van der Waals surface area contributed by atoms with Crippen molar-refractivity contribution in [2.45, 2.75) is 51.7 Å². The summed E-state index contributed by atoms with van der Waals surface area (Å²) in [6, 6.07) is 0. The van der Waals surface area contributed by atoms with Gasteiger partial charge in [-0.05, 0) is 29.7 Å². The molecule has 7 atom stereocenters. The van der Waals surface area contributed by atoms with Crippen LogP contribution >= 0.6 is 0 Å². The first-order valence-electron chi connectivity index (χ1n) is 9.30. The van der Waals surface area contributed by atoms with E-state index in [1.54, 1.807) is 0 Å². The summed E-state index contributed by atoms with van der Waals surface area (Å²) in [5, 5.41) is 11.0. The second kappa shape index (κ2) is 4.35. The highest BCUT2D eigenvalue weighted by molar-refractivity contribution is 6.17. The van der Waals surface area contributed by atoms with E-state index in [4.69, 9.17) is 4.74 Å². The van der Waals surface area contributed by atoms with Crippen molar-refractivity contribution in [3.8, 4) is 0 Å². The van der Waals surface area contributed by atoms with Crippen molar-refractivity contribution in [3.05, 3.63) is 12.2 Å². The SMILES string of the molecule is C=C1C(=O)[C@@]23[C@@H]4C[C@@H]5C(C)(C)CCC(=O)[C@@]5(C(=O)O4)[C@@H]2C(=O)C[C@@H]1[C@H]3O. The molecular formula is C20H22O6. The summed E-state index contributed by atoms with van der Waals surface area (Å²) in [5.74, 6) is -3.75. The summed E-state index contributed by atoms with van der Waals surface area (Å²) >= 11 is 0. The molecule has 0 unspecified atom stereocenters. The molecule has 4 bridgehead atoms. The molecule has 6 nitrogen and oxygen atoms in total. The average Bonchev–Trinajstić information content (AvgIpc) is 2.70. The van der Waals surface area contributed by atoms with Crippen molar-refractivity contribution in [2.75, 3.05) is 0 Å². The number of carbonyl (C=O) groups excluding carboxylic acids is 4. The van der Waals surface area contributed by atoms with Crippen LogP contribution in [0.5, 0.6) is 0 Å². The highest BCUT2D eigenvalue weighted by Gasteiger charge is 2.84. The maximum atomic E-state index is 13.2. The summed E-state index contributed by atoms with van der Waals surface area (Å²) in [6.07, 6.45) is -0.891. The van der Waals surface area contributed by atoms with E-state index in [1.807, 2.05) is 13.8 Å². The Kier molecular flexibility index (Phi) is 2.74. The van der Waals surface area contributed by atoms with Gasteiger partial charge in [0.25, 0.3) is 0 Å². The lowest BCUT2D eigenvalue weighted by atomic mass is 9.37. The molecule has 6 heteroatoms. The Balaban J connectivity index is 1.83. The smallest absolute Gasteiger partial charge is 0.321 e. The van der Waals surface area contributed by atoms with Gasteiger partial charge in [0.15, 0.2) is 11.6 Å². The van der Waals surface area contributed by atoms with Crippen LogP contribution < -0.4 is 0 Å². The quantitative estimate of drug-likeness (QED) is 0.394. The van der Waals surface area contributed by atoms with Crippen LogP contribution in [0.15, 0.2) is 12.2 Å². The fourth-order valence-electron chi connectivity index (χ4n) is 7.05. The lowest BCUT2D eigenvalue weighted by Crippen LogP contribution is -2.78. The molecule has 26 heavy (non-hydrogen) atoms. The maximum Gasteiger partial charge on any atom is 0.321 e. The summed E-state index contributed by atoms with van der Waals surface area (Å²) in [6.45, 7) is 7.83. The topological polar surface area (TPSA) is 97.7 Å². The van der Waals surface area contributed by atoms with E-state index >= 15 is 0 Å². The number of ether oxygens (including phenoxy) is 1. The summed E-state index contributed by atoms with van der Waals surface area (Å²) in [4.78, 5) is 52.7. The van der Waals surface area contributed by atoms with E-state index in [-0.39, 0.29) is 41.3 Å². The number of aliphatic hydroxyl groups is 1. The largest absolute Gasteiger partial charge is 0.460 e. The fraction of sp³-hybridized carbons (Fsp3) is 0.700. The molecule has 4 aliphatic carbocycles. The van der Waals surface area contributed by atoms with Crippen LogP contribution in [0, 0.1) is 34.0 Å². The third-order valence-electron chi connectivity index (χ3n) is 8.20. The van der Waals surface area contributed by atoms with E-state index in [0.29, 0.717) is 12.8 Å². The number of aliphatic hydroxyl groups excluding tert-OH is 1. The Morgan fingerprint density at radius 3 is 2.58 bits per heavy atom. The van der Waals surface area contributed by atoms with Crippen molar-refractivity contribution in [1.82, 2.24) is 0 Å². The summed E-state index contributed by atoms with van der Waals surface area (Å²) in [5.41, 5.74) is -3.26. The minimum atomic E-state index is -1.64. The maximum absolute atomic E-state index is 13.2. The molecule has 2 aliphatic heterocycles. The molecule has 2 spiro atoms. The van der Waals surface area contributed by atoms with Crippen molar-refractivity contribution < 1.29 is 29.0 Å². The van der Waals surface area contributed by atoms with Gasteiger partial charge in [-0.25, -0.2) is 0 Å². The number of ketones is 3. The highest BCUT2D eigenvalue weighted by Crippen LogP contribution is 2.72. The van der Waals surface area contributed by atoms with Gasteiger partial charge >= 0.3 is 5.97 Å². The Hall–Kier alpha value is -1.82. The first-order valence-corrected chi connectivity index (χ1v) is 9.30. The third kappa shape index (κ3) is 1.34. The molecule has 0 radical (unpaired) electrons. The van der Waals surface area contributed by atoms with Crippen LogP contribution in [-0.4, -0.2) is 40.6 Å². The zero-order chi connectivity index (χ0) is 18.8. The van der Waals surface area contributed by atoms with Crippen LogP contribution in [0.1, 0.15) is 39.5 Å². The van der Waals surface area contributed by atoms with Gasteiger partial charge in [0.1, 0.15) is 22.7 Å². The number of hydrogen-bond acceptors (Lipinski definition) is 6. The number of Topliss-reactive ketones (excluding diaryl/α,β-unsaturated/α-hetero) is 3. The molecule has 138 valence electrons. The molecule has 2 saturated heterocycles. The van der Waals surface area contributed by atoms with Crippen LogP contribution in [0.2, 0.25) is 0 Å². The van der Waals surface area contributed by atoms with Gasteiger partial charge < -0.3 is 9.84 Å². The standard InChI is InChI=1S/C20H22O6/c1-8-9-6-10(21)14-19-11(18(2,3)5-4-12(19)22)7-13(26-17(19)25)20(14,15(8)23)16(9)24/h9,11,13-14,16,24H,1,4-7H2,2-3H3/t9-,11+,13-,14-,16+,19+,20+/m0/s1. The van der Waals surface area contributed by atoms with Gasteiger partial charge in [-0.3, -0.25) is 19.2 Å². The van der Waals surface area contributed by atoms with E-state index in [1.165, 1.54) is 0 Å². The number of esters is 1. The zero-order valence-corrected chi connectivity index (χ0v) is 14.9. The minimum Gasteiger partial charge on any atom is -0.460 e. The van der Waals surface area contributed by atoms with Crippen molar-refractivity contribution >= 4 is 23.3 Å². The monoisotopic (exact) mass is 358 g/mol. The van der Waals surface area contributed by atoms with Crippen LogP contribution in [0.3, 0.4) is 0 Å². The predicted octanol–water partition coefficient (Wildman–Crippen LogP) is 0.999. The Morgan fingerprint density at radius 1 is 1.19 bits per heavy atom. The van der Waals surface area contributed by atoms with Crippen molar-refractivity contribution in [3.63, 3.8) is 0 Å². The van der Waals surface area contributed by atoms with E-state index in [2.05, 4.69) is 6.58 Å². The molecule has 0 aromatic carbocycles. The highest BCUT2D eigenvalue weighted by atomic mass is 16.6. The summed E-state index contributed by atoms with van der Waals surface area (Å²) < 4.78 is 5.60. The lowest BCUT2D eigenvalue weighted by molar-refractivity contribution is -0.264. The number of fused-ring (bicyclic) bond motifs is 2. The zero-order valence-electron chi connectivity index (χ0n) is 14.9. The van der Waals surface area contributed by atoms with E-state index in [9.17, 15) is 24.3 Å². The van der Waals surface area contributed by atoms with Gasteiger partial charge in [0.2, 0.25) is 0 Å². The number of carbonyl (C=O) groups is 4. The van der Waals surface area contributed by atoms with Gasteiger partial charge in [0, 0.05) is 18.8 Å². The van der Waals surface area contributed by atoms with Gasteiger partial charge in [-0.1, -0.05) is 20.4 Å². The average molecular weight is 358 g/mol. The Bertz CT molecular complexity index is 814. The minimum absolute atomic E-state index is 0.0413. The second-order valence-corrected chi connectivity index (χ2v) is 9.41. The fourth-order valence-corrected chi connectivity index (χ4v) is 7.05. The molecular weight excluding hydrogens is 336 g/mol. The van der Waals surface area contributed by atoms with Crippen molar-refractivity contribution in [2.24, 2.45) is 34.0 Å². The second-order valence-electron chi connectivity index (χ2n) is 9.41. The van der Waals surface area contributed by atoms with Crippen LogP contribution in [0.25, 0.3) is 0 Å². The molecule has 0 aromatic heterocycles. The van der Waals surface area contributed by atoms with Crippen LogP contribution in [-0.2, 0) is 23.9 Å². The third-order valence-corrected chi connectivity index (χ3v) is 8.20. The molecule has 1 N–H and O–H groups in total. The lowest BCUT2D eigenvalue weighted by Gasteiger charge is -2.66. The number of hydrogen-bond donors (Lipinski definition) is 1. The molecule has 6 rings (SSSR count). The van der Waals surface area contributed by atoms with Gasteiger partial charge in [-0.2, -0.15) is 0 Å². The Morgan fingerprint density at radius 2 is 1.88 bits per heavy atom. The molecule has 4 saturated carbocycles. The molecule has 0 amide bonds. The first-order chi connectivity index (χ1) is 12.1. The summed E-state index contributed by atoms with van der Waals surface area (Å²) in [7, 11) is 0. The van der Waals surface area contributed by atoms with E-state index in [0.717, 1.165) is 0 Å². The van der Waals surface area contributed by atoms with E-state index < -0.39 is 46.6 Å².